The molecule has 3 heteroatoms. The number of ketones is 1. The predicted octanol–water partition coefficient (Wildman–Crippen LogP) is 3.93. The first-order valence-corrected chi connectivity index (χ1v) is 8.37. The van der Waals surface area contributed by atoms with E-state index in [4.69, 9.17) is 4.74 Å². The van der Waals surface area contributed by atoms with Crippen molar-refractivity contribution < 1.29 is 9.53 Å². The molecule has 0 radical (unpaired) electrons. The third-order valence-corrected chi connectivity index (χ3v) is 4.26. The number of ether oxygens (including phenoxy) is 1. The van der Waals surface area contributed by atoms with Crippen molar-refractivity contribution in [3.8, 4) is 16.9 Å². The summed E-state index contributed by atoms with van der Waals surface area (Å²) in [5.74, 6) is 0.826. The van der Waals surface area contributed by atoms with E-state index in [9.17, 15) is 4.79 Å². The van der Waals surface area contributed by atoms with Gasteiger partial charge in [0.2, 0.25) is 0 Å². The van der Waals surface area contributed by atoms with Crippen molar-refractivity contribution in [1.82, 2.24) is 5.32 Å². The number of para-hydroxylation sites is 1. The van der Waals surface area contributed by atoms with Crippen LogP contribution >= 0.6 is 0 Å². The lowest BCUT2D eigenvalue weighted by Crippen LogP contribution is -2.36. The minimum atomic E-state index is -0.0922. The smallest absolute Gasteiger partial charge is 0.174 e. The maximum Gasteiger partial charge on any atom is 0.174 e. The van der Waals surface area contributed by atoms with Gasteiger partial charge in [-0.3, -0.25) is 4.79 Å². The van der Waals surface area contributed by atoms with Crippen LogP contribution in [-0.4, -0.2) is 25.5 Å². The number of carbonyl (C=O) groups is 1. The van der Waals surface area contributed by atoms with Gasteiger partial charge in [0.25, 0.3) is 0 Å². The quantitative estimate of drug-likeness (QED) is 0.822. The van der Waals surface area contributed by atoms with Crippen molar-refractivity contribution >= 4 is 5.78 Å². The highest BCUT2D eigenvalue weighted by atomic mass is 16.5. The number of hydrogen-bond donors (Lipinski definition) is 1. The molecule has 0 spiro atoms. The van der Waals surface area contributed by atoms with Crippen LogP contribution in [0.25, 0.3) is 11.1 Å². The van der Waals surface area contributed by atoms with Crippen LogP contribution in [-0.2, 0) is 0 Å². The zero-order valence-electron chi connectivity index (χ0n) is 13.5. The second-order valence-corrected chi connectivity index (χ2v) is 5.98. The molecule has 0 aliphatic carbocycles. The lowest BCUT2D eigenvalue weighted by atomic mass is 9.91. The molecule has 1 unspecified atom stereocenters. The Hall–Kier alpha value is -2.13. The summed E-state index contributed by atoms with van der Waals surface area (Å²) >= 11 is 0. The fourth-order valence-electron chi connectivity index (χ4n) is 2.94. The van der Waals surface area contributed by atoms with Crippen molar-refractivity contribution in [1.29, 1.82) is 0 Å². The summed E-state index contributed by atoms with van der Waals surface area (Å²) < 4.78 is 5.99. The van der Waals surface area contributed by atoms with Gasteiger partial charge in [0, 0.05) is 12.1 Å². The first-order chi connectivity index (χ1) is 11.3. The Balaban J connectivity index is 1.80. The van der Waals surface area contributed by atoms with Gasteiger partial charge in [0.15, 0.2) is 5.78 Å². The lowest BCUT2D eigenvalue weighted by Gasteiger charge is -2.26. The van der Waals surface area contributed by atoms with E-state index in [0.717, 1.165) is 36.3 Å². The average Bonchev–Trinajstić information content (AvgIpc) is 2.61. The molecule has 0 bridgehead atoms. The second kappa shape index (κ2) is 7.42. The summed E-state index contributed by atoms with van der Waals surface area (Å²) in [5, 5.41) is 3.36. The third-order valence-electron chi connectivity index (χ3n) is 4.26. The highest BCUT2D eigenvalue weighted by molar-refractivity contribution is 6.03. The topological polar surface area (TPSA) is 38.3 Å². The average molecular weight is 309 g/mol. The zero-order chi connectivity index (χ0) is 16.1. The largest absolute Gasteiger partial charge is 0.491 e. The highest BCUT2D eigenvalue weighted by Crippen LogP contribution is 2.37. The Morgan fingerprint density at radius 2 is 1.87 bits per heavy atom. The summed E-state index contributed by atoms with van der Waals surface area (Å²) in [4.78, 5) is 12.7. The summed E-state index contributed by atoms with van der Waals surface area (Å²) in [6.07, 6.45) is 2.29. The van der Waals surface area contributed by atoms with Crippen LogP contribution in [0.15, 0.2) is 48.5 Å². The molecule has 0 fully saturated rings. The van der Waals surface area contributed by atoms with Gasteiger partial charge >= 0.3 is 0 Å². The van der Waals surface area contributed by atoms with Crippen molar-refractivity contribution in [3.05, 3.63) is 54.1 Å². The Morgan fingerprint density at radius 3 is 2.65 bits per heavy atom. The molecule has 0 saturated heterocycles. The number of unbranched alkanes of at least 4 members (excludes halogenated alkanes) is 1. The van der Waals surface area contributed by atoms with E-state index in [1.165, 1.54) is 0 Å². The van der Waals surface area contributed by atoms with Crippen molar-refractivity contribution in [2.45, 2.75) is 19.8 Å². The number of fused-ring (bicyclic) bond motifs is 1. The molecular weight excluding hydrogens is 286 g/mol. The van der Waals surface area contributed by atoms with Crippen molar-refractivity contribution in [2.24, 2.45) is 5.92 Å². The standard InChI is InChI=1S/C20H23NO2/c1-2-3-12-21-13-16-14-23-20-17(15-8-5-4-6-9-15)10-7-11-18(20)19(16)22/h4-11,16,21H,2-3,12-14H2,1H3. The molecule has 0 aromatic heterocycles. The normalized spacial score (nSPS) is 16.7. The van der Waals surface area contributed by atoms with Crippen molar-refractivity contribution in [2.75, 3.05) is 19.7 Å². The Labute approximate surface area is 137 Å². The molecular formula is C20H23NO2. The maximum absolute atomic E-state index is 12.7. The van der Waals surface area contributed by atoms with Gasteiger partial charge in [0.1, 0.15) is 5.75 Å². The fraction of sp³-hybridized carbons (Fsp3) is 0.350. The molecule has 1 aliphatic rings. The molecule has 0 amide bonds. The molecule has 2 aromatic carbocycles. The second-order valence-electron chi connectivity index (χ2n) is 5.98. The van der Waals surface area contributed by atoms with Gasteiger partial charge in [0.05, 0.1) is 18.1 Å². The number of rotatable bonds is 6. The van der Waals surface area contributed by atoms with Gasteiger partial charge in [-0.25, -0.2) is 0 Å². The SMILES string of the molecule is CCCCNCC1COc2c(cccc2-c2ccccc2)C1=O. The minimum absolute atomic E-state index is 0.0922. The zero-order valence-corrected chi connectivity index (χ0v) is 13.5. The van der Waals surface area contributed by atoms with Gasteiger partial charge in [-0.1, -0.05) is 55.8 Å². The maximum atomic E-state index is 12.7. The Morgan fingerprint density at radius 1 is 1.09 bits per heavy atom. The number of benzene rings is 2. The molecule has 23 heavy (non-hydrogen) atoms. The fourth-order valence-corrected chi connectivity index (χ4v) is 2.94. The molecule has 1 N–H and O–H groups in total. The summed E-state index contributed by atoms with van der Waals surface area (Å²) in [6.45, 7) is 4.26. The number of Topliss-reactive ketones (excluding diaryl/α,β-unsaturated/α-hetero) is 1. The number of nitrogens with one attached hydrogen (secondary N) is 1. The molecule has 3 nitrogen and oxygen atoms in total. The lowest BCUT2D eigenvalue weighted by molar-refractivity contribution is 0.0830. The van der Waals surface area contributed by atoms with Crippen LogP contribution in [0.2, 0.25) is 0 Å². The molecule has 2 aromatic rings. The van der Waals surface area contributed by atoms with Crippen LogP contribution in [0.4, 0.5) is 0 Å². The molecule has 1 atom stereocenters. The highest BCUT2D eigenvalue weighted by Gasteiger charge is 2.30. The summed E-state index contributed by atoms with van der Waals surface area (Å²) in [7, 11) is 0. The van der Waals surface area contributed by atoms with Crippen molar-refractivity contribution in [3.63, 3.8) is 0 Å². The van der Waals surface area contributed by atoms with Crippen LogP contribution < -0.4 is 10.1 Å². The molecule has 1 heterocycles. The molecule has 3 rings (SSSR count). The van der Waals surface area contributed by atoms with E-state index in [0.29, 0.717) is 18.7 Å². The van der Waals surface area contributed by atoms with E-state index in [1.54, 1.807) is 0 Å². The summed E-state index contributed by atoms with van der Waals surface area (Å²) in [6, 6.07) is 15.9. The number of carbonyl (C=O) groups excluding carboxylic acids is 1. The van der Waals surface area contributed by atoms with E-state index in [-0.39, 0.29) is 11.7 Å². The first kappa shape index (κ1) is 15.8. The Kier molecular flexibility index (Phi) is 5.09. The molecule has 0 saturated carbocycles. The van der Waals surface area contributed by atoms with Gasteiger partial charge < -0.3 is 10.1 Å². The van der Waals surface area contributed by atoms with Gasteiger partial charge in [-0.15, -0.1) is 0 Å². The van der Waals surface area contributed by atoms with Gasteiger partial charge in [-0.05, 0) is 24.6 Å². The molecule has 120 valence electrons. The van der Waals surface area contributed by atoms with Crippen LogP contribution in [0.3, 0.4) is 0 Å². The number of hydrogen-bond acceptors (Lipinski definition) is 3. The molecule has 1 aliphatic heterocycles. The third kappa shape index (κ3) is 3.45. The van der Waals surface area contributed by atoms with E-state index in [1.807, 2.05) is 48.5 Å². The Bertz CT molecular complexity index is 667. The van der Waals surface area contributed by atoms with E-state index >= 15 is 0 Å². The van der Waals surface area contributed by atoms with Crippen LogP contribution in [0, 0.1) is 5.92 Å². The summed E-state index contributed by atoms with van der Waals surface area (Å²) in [5.41, 5.74) is 2.78. The van der Waals surface area contributed by atoms with E-state index in [2.05, 4.69) is 12.2 Å². The van der Waals surface area contributed by atoms with Crippen LogP contribution in [0.5, 0.6) is 5.75 Å². The monoisotopic (exact) mass is 309 g/mol. The minimum Gasteiger partial charge on any atom is -0.491 e. The van der Waals surface area contributed by atoms with Gasteiger partial charge in [-0.2, -0.15) is 0 Å². The van der Waals surface area contributed by atoms with E-state index < -0.39 is 0 Å². The predicted molar refractivity (Wildman–Crippen MR) is 93.0 cm³/mol. The first-order valence-electron chi connectivity index (χ1n) is 8.37. The van der Waals surface area contributed by atoms with Crippen LogP contribution in [0.1, 0.15) is 30.1 Å².